The SMILES string of the molecule is COc1ccc(CN(C)CC(O)C2CC2)cc1F. The summed E-state index contributed by atoms with van der Waals surface area (Å²) >= 11 is 0. The van der Waals surface area contributed by atoms with Gasteiger partial charge in [-0.1, -0.05) is 6.07 Å². The highest BCUT2D eigenvalue weighted by Crippen LogP contribution is 2.32. The van der Waals surface area contributed by atoms with Crippen LogP contribution in [-0.4, -0.2) is 36.8 Å². The van der Waals surface area contributed by atoms with Crippen LogP contribution in [0.15, 0.2) is 18.2 Å². The summed E-state index contributed by atoms with van der Waals surface area (Å²) in [5.41, 5.74) is 0.888. The lowest BCUT2D eigenvalue weighted by molar-refractivity contribution is 0.104. The van der Waals surface area contributed by atoms with E-state index in [1.807, 2.05) is 18.0 Å². The lowest BCUT2D eigenvalue weighted by Crippen LogP contribution is -2.30. The van der Waals surface area contributed by atoms with Gasteiger partial charge in [0.1, 0.15) is 0 Å². The minimum absolute atomic E-state index is 0.252. The fraction of sp³-hybridized carbons (Fsp3) is 0.571. The van der Waals surface area contributed by atoms with Gasteiger partial charge < -0.3 is 9.84 Å². The van der Waals surface area contributed by atoms with Crippen LogP contribution in [0.1, 0.15) is 18.4 Å². The number of methoxy groups -OCH3 is 1. The Hall–Kier alpha value is -1.13. The molecule has 0 aromatic heterocycles. The van der Waals surface area contributed by atoms with Gasteiger partial charge in [-0.05, 0) is 43.5 Å². The molecule has 0 heterocycles. The molecule has 1 fully saturated rings. The van der Waals surface area contributed by atoms with E-state index in [-0.39, 0.29) is 17.7 Å². The van der Waals surface area contributed by atoms with Gasteiger partial charge in [-0.25, -0.2) is 4.39 Å². The van der Waals surface area contributed by atoms with Crippen molar-refractivity contribution in [1.82, 2.24) is 4.90 Å². The van der Waals surface area contributed by atoms with Gasteiger partial charge in [0.05, 0.1) is 13.2 Å². The van der Waals surface area contributed by atoms with Crippen molar-refractivity contribution in [3.63, 3.8) is 0 Å². The monoisotopic (exact) mass is 253 g/mol. The molecule has 1 atom stereocenters. The summed E-state index contributed by atoms with van der Waals surface area (Å²) in [4.78, 5) is 2.02. The average molecular weight is 253 g/mol. The first-order valence-corrected chi connectivity index (χ1v) is 6.29. The molecule has 1 N–H and O–H groups in total. The van der Waals surface area contributed by atoms with Crippen molar-refractivity contribution in [2.24, 2.45) is 5.92 Å². The van der Waals surface area contributed by atoms with Crippen molar-refractivity contribution >= 4 is 0 Å². The van der Waals surface area contributed by atoms with E-state index in [1.54, 1.807) is 6.07 Å². The lowest BCUT2D eigenvalue weighted by atomic mass is 10.1. The Kier molecular flexibility index (Phi) is 4.19. The molecule has 0 bridgehead atoms. The highest BCUT2D eigenvalue weighted by Gasteiger charge is 2.30. The van der Waals surface area contributed by atoms with Crippen molar-refractivity contribution in [1.29, 1.82) is 0 Å². The van der Waals surface area contributed by atoms with Crippen LogP contribution in [0.5, 0.6) is 5.75 Å². The molecular weight excluding hydrogens is 233 g/mol. The normalized spacial score (nSPS) is 16.9. The third-order valence-corrected chi connectivity index (χ3v) is 3.33. The predicted octanol–water partition coefficient (Wildman–Crippen LogP) is 2.04. The highest BCUT2D eigenvalue weighted by atomic mass is 19.1. The van der Waals surface area contributed by atoms with Crippen molar-refractivity contribution in [3.05, 3.63) is 29.6 Å². The van der Waals surface area contributed by atoms with Crippen LogP contribution in [0.2, 0.25) is 0 Å². The molecule has 4 heteroatoms. The Labute approximate surface area is 107 Å². The number of aliphatic hydroxyl groups is 1. The largest absolute Gasteiger partial charge is 0.494 e. The molecule has 1 aromatic rings. The Morgan fingerprint density at radius 3 is 2.78 bits per heavy atom. The molecule has 0 radical (unpaired) electrons. The molecule has 0 spiro atoms. The van der Waals surface area contributed by atoms with Crippen LogP contribution in [-0.2, 0) is 6.54 Å². The third kappa shape index (κ3) is 3.43. The maximum absolute atomic E-state index is 13.5. The van der Waals surface area contributed by atoms with E-state index in [9.17, 15) is 9.50 Å². The summed E-state index contributed by atoms with van der Waals surface area (Å²) in [7, 11) is 3.39. The van der Waals surface area contributed by atoms with Gasteiger partial charge in [0.15, 0.2) is 11.6 Å². The smallest absolute Gasteiger partial charge is 0.165 e. The molecule has 0 saturated heterocycles. The standard InChI is InChI=1S/C14H20FNO2/c1-16(9-13(17)11-4-5-11)8-10-3-6-14(18-2)12(15)7-10/h3,6-7,11,13,17H,4-5,8-9H2,1-2H3. The molecule has 1 aliphatic rings. The molecule has 1 unspecified atom stereocenters. The number of ether oxygens (including phenoxy) is 1. The van der Waals surface area contributed by atoms with Crippen molar-refractivity contribution in [3.8, 4) is 5.75 Å². The van der Waals surface area contributed by atoms with E-state index in [0.717, 1.165) is 18.4 Å². The van der Waals surface area contributed by atoms with Gasteiger partial charge in [0, 0.05) is 13.1 Å². The lowest BCUT2D eigenvalue weighted by Gasteiger charge is -2.20. The van der Waals surface area contributed by atoms with Gasteiger partial charge >= 0.3 is 0 Å². The van der Waals surface area contributed by atoms with E-state index in [4.69, 9.17) is 4.74 Å². The number of rotatable bonds is 6. The number of benzene rings is 1. The minimum atomic E-state index is -0.342. The molecule has 0 aliphatic heterocycles. The first-order valence-electron chi connectivity index (χ1n) is 6.29. The molecular formula is C14H20FNO2. The molecule has 100 valence electrons. The van der Waals surface area contributed by atoms with E-state index in [0.29, 0.717) is 19.0 Å². The van der Waals surface area contributed by atoms with Crippen LogP contribution >= 0.6 is 0 Å². The van der Waals surface area contributed by atoms with Crippen molar-refractivity contribution < 1.29 is 14.2 Å². The molecule has 2 rings (SSSR count). The van der Waals surface area contributed by atoms with Crippen LogP contribution in [0.4, 0.5) is 4.39 Å². The molecule has 0 amide bonds. The second-order valence-electron chi connectivity index (χ2n) is 5.07. The van der Waals surface area contributed by atoms with Crippen LogP contribution in [0.3, 0.4) is 0 Å². The highest BCUT2D eigenvalue weighted by molar-refractivity contribution is 5.29. The van der Waals surface area contributed by atoms with Gasteiger partial charge in [0.25, 0.3) is 0 Å². The summed E-state index contributed by atoms with van der Waals surface area (Å²) in [5.74, 6) is 0.394. The number of hydrogen-bond acceptors (Lipinski definition) is 3. The second-order valence-corrected chi connectivity index (χ2v) is 5.07. The fourth-order valence-electron chi connectivity index (χ4n) is 2.13. The summed E-state index contributed by atoms with van der Waals surface area (Å²) in [6.07, 6.45) is 2.01. The maximum atomic E-state index is 13.5. The molecule has 1 aliphatic carbocycles. The second kappa shape index (κ2) is 5.67. The Morgan fingerprint density at radius 1 is 1.50 bits per heavy atom. The molecule has 1 aromatic carbocycles. The first kappa shape index (κ1) is 13.3. The topological polar surface area (TPSA) is 32.7 Å². The van der Waals surface area contributed by atoms with Gasteiger partial charge in [-0.15, -0.1) is 0 Å². The average Bonchev–Trinajstić information content (AvgIpc) is 3.12. The predicted molar refractivity (Wildman–Crippen MR) is 68.0 cm³/mol. The summed E-state index contributed by atoms with van der Waals surface area (Å²) in [6.45, 7) is 1.27. The maximum Gasteiger partial charge on any atom is 0.165 e. The molecule has 3 nitrogen and oxygen atoms in total. The summed E-state index contributed by atoms with van der Waals surface area (Å²) in [5, 5.41) is 9.84. The zero-order valence-corrected chi connectivity index (χ0v) is 10.9. The zero-order chi connectivity index (χ0) is 13.1. The van der Waals surface area contributed by atoms with Crippen molar-refractivity contribution in [2.45, 2.75) is 25.5 Å². The quantitative estimate of drug-likeness (QED) is 0.842. The first-order chi connectivity index (χ1) is 8.60. The number of likely N-dealkylation sites (N-methyl/N-ethyl adjacent to an activating group) is 1. The Bertz CT molecular complexity index is 407. The van der Waals surface area contributed by atoms with Crippen LogP contribution in [0.25, 0.3) is 0 Å². The number of nitrogens with zero attached hydrogens (tertiary/aromatic N) is 1. The van der Waals surface area contributed by atoms with E-state index >= 15 is 0 Å². The number of aliphatic hydroxyl groups excluding tert-OH is 1. The van der Waals surface area contributed by atoms with Gasteiger partial charge in [0.2, 0.25) is 0 Å². The van der Waals surface area contributed by atoms with Gasteiger partial charge in [-0.3, -0.25) is 4.90 Å². The Balaban J connectivity index is 1.89. The van der Waals surface area contributed by atoms with E-state index in [2.05, 4.69) is 0 Å². The van der Waals surface area contributed by atoms with E-state index < -0.39 is 0 Å². The number of halogens is 1. The van der Waals surface area contributed by atoms with Gasteiger partial charge in [-0.2, -0.15) is 0 Å². The zero-order valence-electron chi connectivity index (χ0n) is 10.9. The van der Waals surface area contributed by atoms with Crippen LogP contribution < -0.4 is 4.74 Å². The third-order valence-electron chi connectivity index (χ3n) is 3.33. The summed E-state index contributed by atoms with van der Waals surface area (Å²) in [6, 6.07) is 4.97. The van der Waals surface area contributed by atoms with Crippen molar-refractivity contribution in [2.75, 3.05) is 20.7 Å². The number of hydrogen-bond donors (Lipinski definition) is 1. The molecule has 1 saturated carbocycles. The van der Waals surface area contributed by atoms with Crippen LogP contribution in [0, 0.1) is 11.7 Å². The summed E-state index contributed by atoms with van der Waals surface area (Å²) < 4.78 is 18.4. The Morgan fingerprint density at radius 2 is 2.22 bits per heavy atom. The minimum Gasteiger partial charge on any atom is -0.494 e. The molecule has 18 heavy (non-hydrogen) atoms. The fourth-order valence-corrected chi connectivity index (χ4v) is 2.13. The van der Waals surface area contributed by atoms with E-state index in [1.165, 1.54) is 13.2 Å².